The maximum absolute atomic E-state index is 12.7. The average Bonchev–Trinajstić information content (AvgIpc) is 3.19. The Kier molecular flexibility index (Phi) is 4.49. The maximum Gasteiger partial charge on any atom is 0.289 e. The van der Waals surface area contributed by atoms with Gasteiger partial charge in [-0.15, -0.1) is 0 Å². The van der Waals surface area contributed by atoms with E-state index in [1.165, 1.54) is 0 Å². The Hall–Kier alpha value is -2.08. The molecule has 0 bridgehead atoms. The van der Waals surface area contributed by atoms with Gasteiger partial charge >= 0.3 is 0 Å². The van der Waals surface area contributed by atoms with Crippen LogP contribution in [0.2, 0.25) is 0 Å². The van der Waals surface area contributed by atoms with E-state index in [4.69, 9.17) is 4.42 Å². The van der Waals surface area contributed by atoms with E-state index in [1.54, 1.807) is 6.07 Å². The smallest absolute Gasteiger partial charge is 0.289 e. The van der Waals surface area contributed by atoms with E-state index < -0.39 is 0 Å². The largest absolute Gasteiger partial charge is 0.454 e. The molecule has 1 aliphatic rings. The number of furan rings is 1. The van der Waals surface area contributed by atoms with Gasteiger partial charge in [0.2, 0.25) is 0 Å². The fraction of sp³-hybridized carbons (Fsp3) is 0.556. The SMILES string of the molecule is Cc1cc(C)n(Cc2ccc(C(=O)N3C[C@@H](C)[C@@H](N(C)C)C3)o2)n1. The van der Waals surface area contributed by atoms with Crippen LogP contribution in [-0.4, -0.2) is 58.7 Å². The van der Waals surface area contributed by atoms with Crippen LogP contribution in [0.1, 0.15) is 34.6 Å². The molecule has 1 saturated heterocycles. The predicted molar refractivity (Wildman–Crippen MR) is 92.1 cm³/mol. The summed E-state index contributed by atoms with van der Waals surface area (Å²) in [6, 6.07) is 6.07. The average molecular weight is 330 g/mol. The van der Waals surface area contributed by atoms with E-state index in [0.29, 0.717) is 24.3 Å². The second-order valence-corrected chi connectivity index (χ2v) is 7.07. The Bertz CT molecular complexity index is 731. The van der Waals surface area contributed by atoms with E-state index in [2.05, 4.69) is 31.0 Å². The predicted octanol–water partition coefficient (Wildman–Crippen LogP) is 2.16. The van der Waals surface area contributed by atoms with Crippen LogP contribution in [0, 0.1) is 19.8 Å². The van der Waals surface area contributed by atoms with Crippen LogP contribution in [0.4, 0.5) is 0 Å². The summed E-state index contributed by atoms with van der Waals surface area (Å²) in [5.41, 5.74) is 2.06. The molecule has 3 rings (SSSR count). The van der Waals surface area contributed by atoms with Crippen LogP contribution < -0.4 is 0 Å². The van der Waals surface area contributed by atoms with Crippen molar-refractivity contribution in [3.63, 3.8) is 0 Å². The van der Waals surface area contributed by atoms with Crippen molar-refractivity contribution in [3.8, 4) is 0 Å². The summed E-state index contributed by atoms with van der Waals surface area (Å²) >= 11 is 0. The number of carbonyl (C=O) groups is 1. The van der Waals surface area contributed by atoms with Gasteiger partial charge in [0.1, 0.15) is 5.76 Å². The molecule has 6 nitrogen and oxygen atoms in total. The van der Waals surface area contributed by atoms with Gasteiger partial charge < -0.3 is 14.2 Å². The minimum Gasteiger partial charge on any atom is -0.454 e. The van der Waals surface area contributed by atoms with Crippen LogP contribution in [0.5, 0.6) is 0 Å². The highest BCUT2D eigenvalue weighted by atomic mass is 16.4. The van der Waals surface area contributed by atoms with Crippen LogP contribution in [0.25, 0.3) is 0 Å². The van der Waals surface area contributed by atoms with Gasteiger partial charge in [-0.2, -0.15) is 5.10 Å². The zero-order valence-corrected chi connectivity index (χ0v) is 15.1. The van der Waals surface area contributed by atoms with E-state index in [0.717, 1.165) is 30.2 Å². The molecule has 0 saturated carbocycles. The first kappa shape index (κ1) is 16.8. The number of aryl methyl sites for hydroxylation is 2. The van der Waals surface area contributed by atoms with Crippen molar-refractivity contribution in [2.75, 3.05) is 27.2 Å². The molecular formula is C18H26N4O2. The Labute approximate surface area is 143 Å². The molecule has 1 fully saturated rings. The lowest BCUT2D eigenvalue weighted by molar-refractivity contribution is 0.0747. The van der Waals surface area contributed by atoms with Gasteiger partial charge in [0.15, 0.2) is 5.76 Å². The van der Waals surface area contributed by atoms with Crippen molar-refractivity contribution in [3.05, 3.63) is 41.1 Å². The van der Waals surface area contributed by atoms with E-state index in [-0.39, 0.29) is 5.91 Å². The third-order valence-electron chi connectivity index (χ3n) is 4.80. The second kappa shape index (κ2) is 6.43. The normalized spacial score (nSPS) is 21.0. The van der Waals surface area contributed by atoms with Gasteiger partial charge in [-0.05, 0) is 52.1 Å². The van der Waals surface area contributed by atoms with Crippen molar-refractivity contribution in [1.82, 2.24) is 19.6 Å². The molecule has 0 spiro atoms. The van der Waals surface area contributed by atoms with E-state index >= 15 is 0 Å². The quantitative estimate of drug-likeness (QED) is 0.862. The Morgan fingerprint density at radius 3 is 2.67 bits per heavy atom. The summed E-state index contributed by atoms with van der Waals surface area (Å²) in [7, 11) is 4.13. The third-order valence-corrected chi connectivity index (χ3v) is 4.80. The summed E-state index contributed by atoms with van der Waals surface area (Å²) in [5, 5.41) is 4.43. The lowest BCUT2D eigenvalue weighted by Crippen LogP contribution is -2.35. The summed E-state index contributed by atoms with van der Waals surface area (Å²) in [4.78, 5) is 16.8. The molecule has 0 radical (unpaired) electrons. The molecule has 1 aliphatic heterocycles. The number of amides is 1. The number of aromatic nitrogens is 2. The molecular weight excluding hydrogens is 304 g/mol. The molecule has 24 heavy (non-hydrogen) atoms. The molecule has 130 valence electrons. The van der Waals surface area contributed by atoms with Crippen LogP contribution in [0.15, 0.2) is 22.6 Å². The molecule has 6 heteroatoms. The van der Waals surface area contributed by atoms with Crippen LogP contribution in [-0.2, 0) is 6.54 Å². The van der Waals surface area contributed by atoms with Gasteiger partial charge in [-0.25, -0.2) is 0 Å². The van der Waals surface area contributed by atoms with Gasteiger partial charge in [0.05, 0.1) is 12.2 Å². The first-order valence-electron chi connectivity index (χ1n) is 8.40. The minimum absolute atomic E-state index is 0.0224. The highest BCUT2D eigenvalue weighted by molar-refractivity contribution is 5.91. The molecule has 2 aromatic heterocycles. The van der Waals surface area contributed by atoms with E-state index in [1.807, 2.05) is 35.6 Å². The number of likely N-dealkylation sites (tertiary alicyclic amines) is 1. The van der Waals surface area contributed by atoms with Crippen LogP contribution >= 0.6 is 0 Å². The fourth-order valence-corrected chi connectivity index (χ4v) is 3.50. The molecule has 0 aliphatic carbocycles. The maximum atomic E-state index is 12.7. The van der Waals surface area contributed by atoms with Crippen LogP contribution in [0.3, 0.4) is 0 Å². The molecule has 2 atom stereocenters. The lowest BCUT2D eigenvalue weighted by Gasteiger charge is -2.22. The Morgan fingerprint density at radius 1 is 1.33 bits per heavy atom. The summed E-state index contributed by atoms with van der Waals surface area (Å²) in [6.07, 6.45) is 0. The zero-order chi connectivity index (χ0) is 17.4. The first-order valence-corrected chi connectivity index (χ1v) is 8.40. The fourth-order valence-electron chi connectivity index (χ4n) is 3.50. The van der Waals surface area contributed by atoms with Crippen molar-refractivity contribution in [2.45, 2.75) is 33.4 Å². The first-order chi connectivity index (χ1) is 11.3. The van der Waals surface area contributed by atoms with Crippen molar-refractivity contribution < 1.29 is 9.21 Å². The van der Waals surface area contributed by atoms with Gasteiger partial charge in [0.25, 0.3) is 5.91 Å². The zero-order valence-electron chi connectivity index (χ0n) is 15.1. The summed E-state index contributed by atoms with van der Waals surface area (Å²) in [5.74, 6) is 1.61. The highest BCUT2D eigenvalue weighted by Crippen LogP contribution is 2.23. The molecule has 3 heterocycles. The number of hydrogen-bond donors (Lipinski definition) is 0. The number of carbonyl (C=O) groups excluding carboxylic acids is 1. The molecule has 2 aromatic rings. The third kappa shape index (κ3) is 3.24. The van der Waals surface area contributed by atoms with Crippen molar-refractivity contribution in [1.29, 1.82) is 0 Å². The number of likely N-dealkylation sites (N-methyl/N-ethyl adjacent to an activating group) is 1. The highest BCUT2D eigenvalue weighted by Gasteiger charge is 2.34. The molecule has 0 N–H and O–H groups in total. The number of hydrogen-bond acceptors (Lipinski definition) is 4. The standard InChI is InChI=1S/C18H26N4O2/c1-12-9-21(11-16(12)20(4)5)18(23)17-7-6-15(24-17)10-22-14(3)8-13(2)19-22/h6-8,12,16H,9-11H2,1-5H3/t12-,16+/m1/s1. The number of rotatable bonds is 4. The monoisotopic (exact) mass is 330 g/mol. The van der Waals surface area contributed by atoms with Gasteiger partial charge in [-0.1, -0.05) is 6.92 Å². The van der Waals surface area contributed by atoms with Gasteiger partial charge in [0, 0.05) is 24.8 Å². The summed E-state index contributed by atoms with van der Waals surface area (Å²) < 4.78 is 7.68. The Morgan fingerprint density at radius 2 is 2.08 bits per heavy atom. The number of nitrogens with zero attached hydrogens (tertiary/aromatic N) is 4. The molecule has 1 amide bonds. The van der Waals surface area contributed by atoms with Gasteiger partial charge in [-0.3, -0.25) is 9.48 Å². The molecule has 0 aromatic carbocycles. The van der Waals surface area contributed by atoms with Crippen molar-refractivity contribution >= 4 is 5.91 Å². The topological polar surface area (TPSA) is 54.5 Å². The molecule has 0 unspecified atom stereocenters. The van der Waals surface area contributed by atoms with Crippen molar-refractivity contribution in [2.24, 2.45) is 5.92 Å². The van der Waals surface area contributed by atoms with E-state index in [9.17, 15) is 4.79 Å². The minimum atomic E-state index is -0.0224. The Balaban J connectivity index is 1.69. The summed E-state index contributed by atoms with van der Waals surface area (Å²) in [6.45, 7) is 8.24. The second-order valence-electron chi connectivity index (χ2n) is 7.07. The lowest BCUT2D eigenvalue weighted by atomic mass is 10.1.